The fourth-order valence-electron chi connectivity index (χ4n) is 2.21. The number of benzene rings is 1. The molecule has 0 saturated heterocycles. The standard InChI is InChI=1S/C14H20BrNO2S/c1-16(19(2,17)18)14-10-13(15)9-8-12(14)5-3-4-11-6-7-11/h8-11H,3-7H2,1-2H3. The lowest BCUT2D eigenvalue weighted by atomic mass is 10.0. The Bertz CT molecular complexity index is 553. The van der Waals surface area contributed by atoms with Crippen LogP contribution in [0.15, 0.2) is 22.7 Å². The normalized spacial score (nSPS) is 15.5. The van der Waals surface area contributed by atoms with Crippen LogP contribution in [0.3, 0.4) is 0 Å². The minimum Gasteiger partial charge on any atom is -0.273 e. The zero-order valence-corrected chi connectivity index (χ0v) is 13.8. The smallest absolute Gasteiger partial charge is 0.232 e. The molecule has 2 rings (SSSR count). The summed E-state index contributed by atoms with van der Waals surface area (Å²) in [6, 6.07) is 5.88. The first-order valence-corrected chi connectivity index (χ1v) is 9.24. The summed E-state index contributed by atoms with van der Waals surface area (Å²) in [6.07, 6.45) is 7.32. The molecule has 0 spiro atoms. The number of halogens is 1. The Kier molecular flexibility index (Phi) is 4.56. The average Bonchev–Trinajstić information content (AvgIpc) is 3.13. The largest absolute Gasteiger partial charge is 0.273 e. The molecule has 1 aliphatic rings. The van der Waals surface area contributed by atoms with Crippen molar-refractivity contribution in [3.8, 4) is 0 Å². The van der Waals surface area contributed by atoms with Gasteiger partial charge in [-0.05, 0) is 36.5 Å². The molecule has 5 heteroatoms. The molecule has 0 unspecified atom stereocenters. The van der Waals surface area contributed by atoms with E-state index in [0.717, 1.165) is 34.5 Å². The summed E-state index contributed by atoms with van der Waals surface area (Å²) in [5, 5.41) is 0. The van der Waals surface area contributed by atoms with Crippen molar-refractivity contribution in [2.24, 2.45) is 5.92 Å². The van der Waals surface area contributed by atoms with Gasteiger partial charge in [0.15, 0.2) is 0 Å². The quantitative estimate of drug-likeness (QED) is 0.790. The molecule has 19 heavy (non-hydrogen) atoms. The Morgan fingerprint density at radius 3 is 2.63 bits per heavy atom. The van der Waals surface area contributed by atoms with Crippen LogP contribution in [-0.2, 0) is 16.4 Å². The second-order valence-electron chi connectivity index (χ2n) is 5.34. The van der Waals surface area contributed by atoms with Gasteiger partial charge in [0, 0.05) is 11.5 Å². The van der Waals surface area contributed by atoms with E-state index >= 15 is 0 Å². The van der Waals surface area contributed by atoms with Crippen molar-refractivity contribution in [2.75, 3.05) is 17.6 Å². The van der Waals surface area contributed by atoms with E-state index in [9.17, 15) is 8.42 Å². The minimum absolute atomic E-state index is 0.785. The maximum atomic E-state index is 11.7. The van der Waals surface area contributed by atoms with E-state index in [1.807, 2.05) is 18.2 Å². The Morgan fingerprint density at radius 2 is 2.05 bits per heavy atom. The summed E-state index contributed by atoms with van der Waals surface area (Å²) < 4.78 is 25.7. The van der Waals surface area contributed by atoms with E-state index in [0.29, 0.717) is 0 Å². The van der Waals surface area contributed by atoms with Gasteiger partial charge in [-0.2, -0.15) is 0 Å². The third-order valence-corrected chi connectivity index (χ3v) is 5.32. The highest BCUT2D eigenvalue weighted by atomic mass is 79.9. The van der Waals surface area contributed by atoms with Crippen molar-refractivity contribution < 1.29 is 8.42 Å². The second-order valence-corrected chi connectivity index (χ2v) is 8.27. The van der Waals surface area contributed by atoms with Crippen molar-refractivity contribution in [1.82, 2.24) is 0 Å². The average molecular weight is 346 g/mol. The molecule has 0 heterocycles. The zero-order chi connectivity index (χ0) is 14.0. The molecule has 3 nitrogen and oxygen atoms in total. The van der Waals surface area contributed by atoms with E-state index in [1.54, 1.807) is 7.05 Å². The molecule has 1 aliphatic carbocycles. The van der Waals surface area contributed by atoms with Crippen LogP contribution < -0.4 is 4.31 Å². The molecule has 0 atom stereocenters. The first-order chi connectivity index (χ1) is 8.88. The molecule has 1 aromatic carbocycles. The third kappa shape index (κ3) is 4.21. The van der Waals surface area contributed by atoms with Crippen LogP contribution in [0.5, 0.6) is 0 Å². The predicted molar refractivity (Wildman–Crippen MR) is 83.1 cm³/mol. The molecular formula is C14H20BrNO2S. The van der Waals surface area contributed by atoms with Crippen LogP contribution in [0.25, 0.3) is 0 Å². The topological polar surface area (TPSA) is 37.4 Å². The Balaban J connectivity index is 2.16. The molecule has 0 bridgehead atoms. The number of aryl methyl sites for hydroxylation is 1. The fraction of sp³-hybridized carbons (Fsp3) is 0.571. The first kappa shape index (κ1) is 14.9. The fourth-order valence-corrected chi connectivity index (χ4v) is 3.08. The first-order valence-electron chi connectivity index (χ1n) is 6.60. The van der Waals surface area contributed by atoms with Crippen LogP contribution in [0.4, 0.5) is 5.69 Å². The van der Waals surface area contributed by atoms with Crippen LogP contribution >= 0.6 is 15.9 Å². The summed E-state index contributed by atoms with van der Waals surface area (Å²) in [7, 11) is -1.60. The van der Waals surface area contributed by atoms with E-state index < -0.39 is 10.0 Å². The van der Waals surface area contributed by atoms with Crippen LogP contribution in [0, 0.1) is 5.92 Å². The molecule has 0 aromatic heterocycles. The summed E-state index contributed by atoms with van der Waals surface area (Å²) in [5.41, 5.74) is 1.89. The molecule has 0 amide bonds. The van der Waals surface area contributed by atoms with Gasteiger partial charge in [0.25, 0.3) is 0 Å². The maximum Gasteiger partial charge on any atom is 0.232 e. The molecule has 0 radical (unpaired) electrons. The summed E-state index contributed by atoms with van der Waals surface area (Å²) in [4.78, 5) is 0. The maximum absolute atomic E-state index is 11.7. The van der Waals surface area contributed by atoms with Crippen molar-refractivity contribution in [3.05, 3.63) is 28.2 Å². The highest BCUT2D eigenvalue weighted by Gasteiger charge is 2.21. The second kappa shape index (κ2) is 5.83. The molecule has 0 N–H and O–H groups in total. The van der Waals surface area contributed by atoms with Crippen LogP contribution in [0.1, 0.15) is 31.2 Å². The van der Waals surface area contributed by atoms with E-state index in [4.69, 9.17) is 0 Å². The summed E-state index contributed by atoms with van der Waals surface area (Å²) in [6.45, 7) is 0. The highest BCUT2D eigenvalue weighted by Crippen LogP contribution is 2.35. The van der Waals surface area contributed by atoms with Gasteiger partial charge >= 0.3 is 0 Å². The lowest BCUT2D eigenvalue weighted by molar-refractivity contribution is 0.600. The van der Waals surface area contributed by atoms with Gasteiger partial charge in [0.2, 0.25) is 10.0 Å². The molecule has 1 fully saturated rings. The van der Waals surface area contributed by atoms with Gasteiger partial charge < -0.3 is 0 Å². The summed E-state index contributed by atoms with van der Waals surface area (Å²) in [5.74, 6) is 0.923. The molecule has 0 aliphatic heterocycles. The Morgan fingerprint density at radius 1 is 1.37 bits per heavy atom. The van der Waals surface area contributed by atoms with Gasteiger partial charge in [0.1, 0.15) is 0 Å². The van der Waals surface area contributed by atoms with Crippen LogP contribution in [-0.4, -0.2) is 21.7 Å². The zero-order valence-electron chi connectivity index (χ0n) is 11.4. The lowest BCUT2D eigenvalue weighted by Gasteiger charge is -2.20. The SMILES string of the molecule is CN(c1cc(Br)ccc1CCCC1CC1)S(C)(=O)=O. The van der Waals surface area contributed by atoms with Gasteiger partial charge in [-0.15, -0.1) is 0 Å². The highest BCUT2D eigenvalue weighted by molar-refractivity contribution is 9.10. The number of hydrogen-bond donors (Lipinski definition) is 0. The molecule has 1 saturated carbocycles. The number of hydrogen-bond acceptors (Lipinski definition) is 2. The van der Waals surface area contributed by atoms with Gasteiger partial charge in [-0.25, -0.2) is 8.42 Å². The van der Waals surface area contributed by atoms with Crippen LogP contribution in [0.2, 0.25) is 0 Å². The predicted octanol–water partition coefficient (Wildman–Crippen LogP) is 3.58. The van der Waals surface area contributed by atoms with E-state index in [2.05, 4.69) is 15.9 Å². The number of nitrogens with zero attached hydrogens (tertiary/aromatic N) is 1. The van der Waals surface area contributed by atoms with Crippen molar-refractivity contribution in [3.63, 3.8) is 0 Å². The van der Waals surface area contributed by atoms with Crippen molar-refractivity contribution in [2.45, 2.75) is 32.1 Å². The number of sulfonamides is 1. The van der Waals surface area contributed by atoms with E-state index in [1.165, 1.54) is 29.8 Å². The summed E-state index contributed by atoms with van der Waals surface area (Å²) >= 11 is 3.41. The van der Waals surface area contributed by atoms with Crippen molar-refractivity contribution in [1.29, 1.82) is 0 Å². The number of rotatable bonds is 6. The van der Waals surface area contributed by atoms with Gasteiger partial charge in [0.05, 0.1) is 11.9 Å². The molecule has 106 valence electrons. The number of anilines is 1. The monoisotopic (exact) mass is 345 g/mol. The van der Waals surface area contributed by atoms with Gasteiger partial charge in [-0.3, -0.25) is 4.31 Å². The molecular weight excluding hydrogens is 326 g/mol. The molecule has 1 aromatic rings. The Hall–Kier alpha value is -0.550. The Labute approximate surface area is 124 Å². The lowest BCUT2D eigenvalue weighted by Crippen LogP contribution is -2.26. The van der Waals surface area contributed by atoms with Gasteiger partial charge in [-0.1, -0.05) is 41.3 Å². The minimum atomic E-state index is -3.21. The van der Waals surface area contributed by atoms with E-state index in [-0.39, 0.29) is 0 Å². The van der Waals surface area contributed by atoms with Crippen molar-refractivity contribution >= 4 is 31.6 Å². The third-order valence-electron chi connectivity index (χ3n) is 3.64.